The Labute approximate surface area is 189 Å². The number of piperidine rings is 1. The lowest BCUT2D eigenvalue weighted by molar-refractivity contribution is -0.117. The van der Waals surface area contributed by atoms with Crippen LogP contribution < -0.4 is 25.4 Å². The molecule has 0 saturated carbocycles. The maximum Gasteiger partial charge on any atom is 0.224 e. The minimum atomic E-state index is -0.0900. The van der Waals surface area contributed by atoms with E-state index in [2.05, 4.69) is 16.0 Å². The second-order valence-corrected chi connectivity index (χ2v) is 8.12. The molecule has 1 fully saturated rings. The van der Waals surface area contributed by atoms with Crippen molar-refractivity contribution in [3.63, 3.8) is 0 Å². The lowest BCUT2D eigenvalue weighted by atomic mass is 9.94. The molecule has 1 aliphatic heterocycles. The highest BCUT2D eigenvalue weighted by Crippen LogP contribution is 2.29. The molecule has 0 aromatic heterocycles. The van der Waals surface area contributed by atoms with Crippen molar-refractivity contribution in [3.8, 4) is 11.5 Å². The highest BCUT2D eigenvalue weighted by atomic mass is 16.5. The summed E-state index contributed by atoms with van der Waals surface area (Å²) in [5, 5.41) is 9.26. The minimum absolute atomic E-state index is 0.0407. The molecule has 7 heteroatoms. The average molecular weight is 440 g/mol. The van der Waals surface area contributed by atoms with Crippen molar-refractivity contribution in [2.45, 2.75) is 38.5 Å². The molecule has 2 amide bonds. The van der Waals surface area contributed by atoms with Gasteiger partial charge in [0.2, 0.25) is 11.8 Å². The van der Waals surface area contributed by atoms with Gasteiger partial charge in [0.05, 0.1) is 14.2 Å². The molecule has 1 aliphatic rings. The summed E-state index contributed by atoms with van der Waals surface area (Å²) in [6, 6.07) is 13.0. The van der Waals surface area contributed by atoms with Gasteiger partial charge in [0.25, 0.3) is 0 Å². The third-order valence-corrected chi connectivity index (χ3v) is 5.70. The van der Waals surface area contributed by atoms with Crippen molar-refractivity contribution in [1.29, 1.82) is 0 Å². The van der Waals surface area contributed by atoms with E-state index in [4.69, 9.17) is 9.47 Å². The first-order chi connectivity index (χ1) is 15.6. The molecule has 1 unspecified atom stereocenters. The maximum absolute atomic E-state index is 12.4. The highest BCUT2D eigenvalue weighted by Gasteiger charge is 2.14. The van der Waals surface area contributed by atoms with E-state index in [1.54, 1.807) is 32.4 Å². The molecular weight excluding hydrogens is 406 g/mol. The van der Waals surface area contributed by atoms with E-state index in [1.807, 2.05) is 24.3 Å². The first-order valence-corrected chi connectivity index (χ1v) is 11.2. The van der Waals surface area contributed by atoms with E-state index in [0.717, 1.165) is 30.8 Å². The Morgan fingerprint density at radius 3 is 2.44 bits per heavy atom. The zero-order chi connectivity index (χ0) is 22.8. The third kappa shape index (κ3) is 7.27. The minimum Gasteiger partial charge on any atom is -0.493 e. The van der Waals surface area contributed by atoms with Crippen LogP contribution in [0.4, 0.5) is 11.4 Å². The van der Waals surface area contributed by atoms with E-state index in [0.29, 0.717) is 42.4 Å². The van der Waals surface area contributed by atoms with Crippen LogP contribution >= 0.6 is 0 Å². The number of benzene rings is 2. The first-order valence-electron chi connectivity index (χ1n) is 11.2. The fourth-order valence-corrected chi connectivity index (χ4v) is 3.93. The van der Waals surface area contributed by atoms with Gasteiger partial charge in [-0.1, -0.05) is 12.1 Å². The van der Waals surface area contributed by atoms with Gasteiger partial charge < -0.3 is 25.4 Å². The number of methoxy groups -OCH3 is 2. The van der Waals surface area contributed by atoms with Gasteiger partial charge >= 0.3 is 0 Å². The van der Waals surface area contributed by atoms with Crippen LogP contribution in [0.3, 0.4) is 0 Å². The van der Waals surface area contributed by atoms with Crippen LogP contribution in [0.5, 0.6) is 11.5 Å². The number of ether oxygens (including phenoxy) is 2. The Balaban J connectivity index is 1.45. The van der Waals surface area contributed by atoms with Crippen molar-refractivity contribution in [3.05, 3.63) is 48.0 Å². The molecule has 2 aromatic carbocycles. The molecule has 0 spiro atoms. The number of aryl methyl sites for hydroxylation is 1. The second kappa shape index (κ2) is 12.1. The number of hydrogen-bond acceptors (Lipinski definition) is 5. The van der Waals surface area contributed by atoms with Crippen LogP contribution in [0.2, 0.25) is 0 Å². The molecule has 1 saturated heterocycles. The number of hydrogen-bond donors (Lipinski definition) is 3. The normalized spacial score (nSPS) is 15.6. The van der Waals surface area contributed by atoms with Crippen LogP contribution in [-0.4, -0.2) is 39.1 Å². The number of nitrogens with one attached hydrogen (secondary N) is 3. The molecule has 32 heavy (non-hydrogen) atoms. The largest absolute Gasteiger partial charge is 0.493 e. The van der Waals surface area contributed by atoms with Gasteiger partial charge in [-0.25, -0.2) is 0 Å². The third-order valence-electron chi connectivity index (χ3n) is 5.70. The number of anilines is 2. The number of carbonyl (C=O) groups is 2. The van der Waals surface area contributed by atoms with Gasteiger partial charge in [0, 0.05) is 30.3 Å². The number of carbonyl (C=O) groups excluding carboxylic acids is 2. The lowest BCUT2D eigenvalue weighted by Gasteiger charge is -2.22. The lowest BCUT2D eigenvalue weighted by Crippen LogP contribution is -2.30. The Bertz CT molecular complexity index is 910. The second-order valence-electron chi connectivity index (χ2n) is 8.12. The smallest absolute Gasteiger partial charge is 0.224 e. The van der Waals surface area contributed by atoms with Crippen LogP contribution in [0, 0.1) is 5.92 Å². The summed E-state index contributed by atoms with van der Waals surface area (Å²) in [5.41, 5.74) is 2.43. The summed E-state index contributed by atoms with van der Waals surface area (Å²) in [4.78, 5) is 24.7. The van der Waals surface area contributed by atoms with Crippen LogP contribution in [-0.2, 0) is 16.0 Å². The van der Waals surface area contributed by atoms with Crippen molar-refractivity contribution in [2.75, 3.05) is 37.9 Å². The average Bonchev–Trinajstić information content (AvgIpc) is 2.82. The van der Waals surface area contributed by atoms with Gasteiger partial charge in [0.1, 0.15) is 0 Å². The molecule has 7 nitrogen and oxygen atoms in total. The highest BCUT2D eigenvalue weighted by molar-refractivity contribution is 5.92. The SMILES string of the molecule is COc1ccc(NC(=O)CCc2cccc(NC(=O)CCC3CCCNC3)c2)cc1OC. The van der Waals surface area contributed by atoms with Gasteiger partial charge in [-0.05, 0) is 74.5 Å². The predicted molar refractivity (Wildman–Crippen MR) is 126 cm³/mol. The molecule has 172 valence electrons. The van der Waals surface area contributed by atoms with Gasteiger partial charge in [-0.15, -0.1) is 0 Å². The Morgan fingerprint density at radius 1 is 0.969 bits per heavy atom. The first kappa shape index (κ1) is 23.6. The molecule has 3 N–H and O–H groups in total. The standard InChI is InChI=1S/C25H33N3O4/c1-31-22-11-10-21(16-23(22)32-2)28-24(29)12-8-18-5-3-7-20(15-18)27-25(30)13-9-19-6-4-14-26-17-19/h3,5,7,10-11,15-16,19,26H,4,6,8-9,12-14,17H2,1-2H3,(H,27,30)(H,28,29). The summed E-state index contributed by atoms with van der Waals surface area (Å²) in [6.45, 7) is 2.09. The van der Waals surface area contributed by atoms with E-state index >= 15 is 0 Å². The quantitative estimate of drug-likeness (QED) is 0.521. The van der Waals surface area contributed by atoms with E-state index in [9.17, 15) is 9.59 Å². The Kier molecular flexibility index (Phi) is 8.92. The fourth-order valence-electron chi connectivity index (χ4n) is 3.93. The molecule has 1 heterocycles. The van der Waals surface area contributed by atoms with E-state index in [-0.39, 0.29) is 11.8 Å². The molecule has 3 rings (SSSR count). The zero-order valence-corrected chi connectivity index (χ0v) is 18.9. The molecular formula is C25H33N3O4. The molecule has 0 bridgehead atoms. The molecule has 0 aliphatic carbocycles. The summed E-state index contributed by atoms with van der Waals surface area (Å²) in [5.74, 6) is 1.71. The van der Waals surface area contributed by atoms with Crippen molar-refractivity contribution >= 4 is 23.2 Å². The number of amides is 2. The van der Waals surface area contributed by atoms with Crippen LogP contribution in [0.1, 0.15) is 37.7 Å². The Hall–Kier alpha value is -3.06. The molecule has 1 atom stereocenters. The van der Waals surface area contributed by atoms with Gasteiger partial charge in [-0.2, -0.15) is 0 Å². The maximum atomic E-state index is 12.4. The van der Waals surface area contributed by atoms with E-state index < -0.39 is 0 Å². The van der Waals surface area contributed by atoms with Crippen molar-refractivity contribution in [1.82, 2.24) is 5.32 Å². The predicted octanol–water partition coefficient (Wildman–Crippen LogP) is 3.99. The summed E-state index contributed by atoms with van der Waals surface area (Å²) < 4.78 is 10.5. The van der Waals surface area contributed by atoms with Crippen LogP contribution in [0.15, 0.2) is 42.5 Å². The van der Waals surface area contributed by atoms with Crippen LogP contribution in [0.25, 0.3) is 0 Å². The number of rotatable bonds is 10. The monoisotopic (exact) mass is 439 g/mol. The zero-order valence-electron chi connectivity index (χ0n) is 18.9. The molecule has 0 radical (unpaired) electrons. The van der Waals surface area contributed by atoms with Crippen molar-refractivity contribution < 1.29 is 19.1 Å². The Morgan fingerprint density at radius 2 is 1.72 bits per heavy atom. The van der Waals surface area contributed by atoms with Gasteiger partial charge in [0.15, 0.2) is 11.5 Å². The molecule has 2 aromatic rings. The fraction of sp³-hybridized carbons (Fsp3) is 0.440. The summed E-state index contributed by atoms with van der Waals surface area (Å²) in [6.07, 6.45) is 4.74. The van der Waals surface area contributed by atoms with Gasteiger partial charge in [-0.3, -0.25) is 9.59 Å². The van der Waals surface area contributed by atoms with Crippen molar-refractivity contribution in [2.24, 2.45) is 5.92 Å². The topological polar surface area (TPSA) is 88.7 Å². The van der Waals surface area contributed by atoms with E-state index in [1.165, 1.54) is 12.8 Å². The summed E-state index contributed by atoms with van der Waals surface area (Å²) >= 11 is 0. The summed E-state index contributed by atoms with van der Waals surface area (Å²) in [7, 11) is 3.13.